The highest BCUT2D eigenvalue weighted by Crippen LogP contribution is 2.28. The van der Waals surface area contributed by atoms with E-state index in [-0.39, 0.29) is 24.2 Å². The maximum absolute atomic E-state index is 13.5. The van der Waals surface area contributed by atoms with Crippen molar-refractivity contribution < 1.29 is 23.9 Å². The van der Waals surface area contributed by atoms with Crippen molar-refractivity contribution in [3.05, 3.63) is 59.7 Å². The van der Waals surface area contributed by atoms with Crippen LogP contribution in [0.15, 0.2) is 48.5 Å². The molecule has 2 aliphatic heterocycles. The zero-order valence-corrected chi connectivity index (χ0v) is 21.0. The number of ether oxygens (including phenoxy) is 2. The van der Waals surface area contributed by atoms with Gasteiger partial charge in [-0.1, -0.05) is 43.5 Å². The number of carbonyl (C=O) groups is 3. The van der Waals surface area contributed by atoms with Crippen LogP contribution in [0.2, 0.25) is 0 Å². The lowest BCUT2D eigenvalue weighted by atomic mass is 9.83. The maximum Gasteiger partial charge on any atom is 0.328 e. The molecule has 2 aromatic carbocycles. The zero-order valence-electron chi connectivity index (χ0n) is 21.0. The van der Waals surface area contributed by atoms with Gasteiger partial charge in [0.2, 0.25) is 11.8 Å². The Morgan fingerprint density at radius 1 is 0.861 bits per heavy atom. The third kappa shape index (κ3) is 7.09. The van der Waals surface area contributed by atoms with Crippen LogP contribution in [0.5, 0.6) is 11.5 Å². The Kier molecular flexibility index (Phi) is 8.98. The van der Waals surface area contributed by atoms with Crippen molar-refractivity contribution in [3.63, 3.8) is 0 Å². The lowest BCUT2D eigenvalue weighted by Gasteiger charge is -2.31. The molecule has 192 valence electrons. The minimum absolute atomic E-state index is 0.0603. The van der Waals surface area contributed by atoms with Crippen molar-refractivity contribution in [1.29, 1.82) is 0 Å². The Morgan fingerprint density at radius 2 is 1.61 bits per heavy atom. The molecule has 5 rings (SSSR count). The van der Waals surface area contributed by atoms with Crippen molar-refractivity contribution >= 4 is 17.8 Å². The molecule has 0 radical (unpaired) electrons. The van der Waals surface area contributed by atoms with Crippen molar-refractivity contribution in [2.75, 3.05) is 7.11 Å². The van der Waals surface area contributed by atoms with Crippen LogP contribution >= 0.6 is 0 Å². The average Bonchev–Trinajstić information content (AvgIpc) is 2.90. The predicted octanol–water partition coefficient (Wildman–Crippen LogP) is 4.47. The minimum atomic E-state index is -0.873. The van der Waals surface area contributed by atoms with Gasteiger partial charge in [0.25, 0.3) is 0 Å². The fourth-order valence-electron chi connectivity index (χ4n) is 5.15. The summed E-state index contributed by atoms with van der Waals surface area (Å²) in [6.45, 7) is 0. The molecule has 1 aliphatic carbocycles. The largest absolute Gasteiger partial charge is 0.467 e. The number of hydrogen-bond acceptors (Lipinski definition) is 5. The van der Waals surface area contributed by atoms with Gasteiger partial charge in [-0.25, -0.2) is 4.79 Å². The van der Waals surface area contributed by atoms with Crippen molar-refractivity contribution in [1.82, 2.24) is 10.6 Å². The summed E-state index contributed by atoms with van der Waals surface area (Å²) in [7, 11) is 1.31. The molecule has 1 saturated carbocycles. The Labute approximate surface area is 212 Å². The number of nitrogens with one attached hydrogen (secondary N) is 2. The molecule has 0 saturated heterocycles. The molecule has 2 amide bonds. The Bertz CT molecular complexity index is 1050. The molecule has 1 fully saturated rings. The van der Waals surface area contributed by atoms with Crippen molar-refractivity contribution in [3.8, 4) is 11.5 Å². The third-order valence-electron chi connectivity index (χ3n) is 7.14. The number of aryl methyl sites for hydroxylation is 1. The van der Waals surface area contributed by atoms with E-state index in [0.29, 0.717) is 12.2 Å². The van der Waals surface area contributed by atoms with Gasteiger partial charge in [-0.3, -0.25) is 9.59 Å². The first-order valence-corrected chi connectivity index (χ1v) is 13.0. The lowest BCUT2D eigenvalue weighted by molar-refractivity contribution is -0.145. The summed E-state index contributed by atoms with van der Waals surface area (Å²) < 4.78 is 11.0. The number of methoxy groups -OCH3 is 1. The van der Waals surface area contributed by atoms with Gasteiger partial charge in [0.15, 0.2) is 0 Å². The molecule has 7 nitrogen and oxygen atoms in total. The van der Waals surface area contributed by atoms with Gasteiger partial charge in [-0.15, -0.1) is 0 Å². The van der Waals surface area contributed by atoms with Crippen molar-refractivity contribution in [2.45, 2.75) is 76.3 Å². The van der Waals surface area contributed by atoms with Crippen molar-refractivity contribution in [2.24, 2.45) is 5.92 Å². The monoisotopic (exact) mass is 492 g/mol. The predicted molar refractivity (Wildman–Crippen MR) is 137 cm³/mol. The number of carbonyl (C=O) groups excluding carboxylic acids is 3. The lowest BCUT2D eigenvalue weighted by Crippen LogP contribution is -2.55. The average molecular weight is 493 g/mol. The summed E-state index contributed by atoms with van der Waals surface area (Å²) in [5, 5.41) is 5.89. The number of rotatable bonds is 2. The second-order valence-corrected chi connectivity index (χ2v) is 9.83. The van der Waals surface area contributed by atoms with Crippen LogP contribution in [0.1, 0.15) is 62.5 Å². The molecule has 0 aromatic heterocycles. The normalized spacial score (nSPS) is 22.2. The first-order chi connectivity index (χ1) is 17.5. The summed E-state index contributed by atoms with van der Waals surface area (Å²) in [6.07, 6.45) is 8.09. The second-order valence-electron chi connectivity index (χ2n) is 9.83. The summed E-state index contributed by atoms with van der Waals surface area (Å²) >= 11 is 0. The Balaban J connectivity index is 1.61. The van der Waals surface area contributed by atoms with Gasteiger partial charge >= 0.3 is 5.97 Å². The fourth-order valence-corrected chi connectivity index (χ4v) is 5.15. The van der Waals surface area contributed by atoms with Crippen LogP contribution in [-0.2, 0) is 32.0 Å². The smallest absolute Gasteiger partial charge is 0.328 e. The van der Waals surface area contributed by atoms with E-state index in [2.05, 4.69) is 10.6 Å². The number of benzene rings is 2. The molecule has 7 heteroatoms. The molecular weight excluding hydrogens is 456 g/mol. The molecule has 2 atom stereocenters. The Hall–Kier alpha value is -3.35. The summed E-state index contributed by atoms with van der Waals surface area (Å²) in [5.74, 6) is 0.468. The molecule has 2 N–H and O–H groups in total. The number of hydrogen-bond donors (Lipinski definition) is 2. The fraction of sp³-hybridized carbons (Fsp3) is 0.483. The van der Waals surface area contributed by atoms with Gasteiger partial charge in [-0.2, -0.15) is 0 Å². The standard InChI is InChI=1S/C29H36N2O5/c1-35-29(34)25-19-21-9-7-12-24(18-21)36-23-16-14-20(15-17-23)8-5-6-13-26(32)31-27(28(33)30-25)22-10-3-2-4-11-22/h7,9,12,14-18,22,25,27H,2-6,8,10-11,13,19H2,1H3,(H,30,33)(H,31,32)/t25-,27+/m1/s1. The van der Waals surface area contributed by atoms with Crippen LogP contribution in [-0.4, -0.2) is 37.0 Å². The summed E-state index contributed by atoms with van der Waals surface area (Å²) in [5.41, 5.74) is 2.02. The van der Waals surface area contributed by atoms with Crippen LogP contribution < -0.4 is 15.4 Å². The van der Waals surface area contributed by atoms with Crippen LogP contribution in [0.3, 0.4) is 0 Å². The highest BCUT2D eigenvalue weighted by Gasteiger charge is 2.33. The van der Waals surface area contributed by atoms with Crippen LogP contribution in [0, 0.1) is 5.92 Å². The maximum atomic E-state index is 13.5. The van der Waals surface area contributed by atoms with Gasteiger partial charge in [-0.05, 0) is 73.4 Å². The van der Waals surface area contributed by atoms with E-state index in [0.717, 1.165) is 62.7 Å². The number of fused-ring (bicyclic) bond motifs is 12. The molecule has 36 heavy (non-hydrogen) atoms. The van der Waals surface area contributed by atoms with Gasteiger partial charge in [0.05, 0.1) is 7.11 Å². The van der Waals surface area contributed by atoms with E-state index < -0.39 is 18.1 Å². The van der Waals surface area contributed by atoms with Crippen LogP contribution in [0.25, 0.3) is 0 Å². The quantitative estimate of drug-likeness (QED) is 0.604. The van der Waals surface area contributed by atoms with Gasteiger partial charge in [0.1, 0.15) is 23.6 Å². The number of amides is 2. The first kappa shape index (κ1) is 25.7. The van der Waals surface area contributed by atoms with Gasteiger partial charge < -0.3 is 20.1 Å². The molecule has 3 aliphatic rings. The molecule has 0 spiro atoms. The van der Waals surface area contributed by atoms with E-state index in [1.807, 2.05) is 48.5 Å². The Morgan fingerprint density at radius 3 is 2.36 bits per heavy atom. The summed E-state index contributed by atoms with van der Waals surface area (Å²) in [6, 6.07) is 13.9. The first-order valence-electron chi connectivity index (χ1n) is 13.0. The van der Waals surface area contributed by atoms with E-state index in [4.69, 9.17) is 9.47 Å². The molecule has 2 heterocycles. The van der Waals surface area contributed by atoms with E-state index in [1.165, 1.54) is 12.7 Å². The SMILES string of the molecule is COC(=O)[C@H]1Cc2cccc(c2)Oc2ccc(cc2)CCCCC(=O)N[C@@H](C2CCCCC2)C(=O)N1. The van der Waals surface area contributed by atoms with E-state index >= 15 is 0 Å². The van der Waals surface area contributed by atoms with Gasteiger partial charge in [0, 0.05) is 12.8 Å². The third-order valence-corrected chi connectivity index (χ3v) is 7.14. The van der Waals surface area contributed by atoms with E-state index in [9.17, 15) is 14.4 Å². The summed E-state index contributed by atoms with van der Waals surface area (Å²) in [4.78, 5) is 38.9. The van der Waals surface area contributed by atoms with Crippen LogP contribution in [0.4, 0.5) is 0 Å². The molecule has 2 aromatic rings. The minimum Gasteiger partial charge on any atom is -0.467 e. The van der Waals surface area contributed by atoms with E-state index in [1.54, 1.807) is 0 Å². The zero-order chi connectivity index (χ0) is 25.3. The highest BCUT2D eigenvalue weighted by molar-refractivity contribution is 5.91. The molecule has 0 unspecified atom stereocenters. The topological polar surface area (TPSA) is 93.7 Å². The molecular formula is C29H36N2O5. The highest BCUT2D eigenvalue weighted by atomic mass is 16.5. The second kappa shape index (κ2) is 12.6. The molecule has 4 bridgehead atoms. The number of esters is 1.